The van der Waals surface area contributed by atoms with E-state index in [0.717, 1.165) is 17.5 Å². The Balaban J connectivity index is 0.000000276. The van der Waals surface area contributed by atoms with Gasteiger partial charge in [0.25, 0.3) is 11.6 Å². The van der Waals surface area contributed by atoms with Crippen molar-refractivity contribution in [1.29, 1.82) is 0 Å². The van der Waals surface area contributed by atoms with Gasteiger partial charge in [-0.3, -0.25) is 35.1 Å². The number of methoxy groups -OCH3 is 1. The number of thiazole rings is 1. The summed E-state index contributed by atoms with van der Waals surface area (Å²) in [6.07, 6.45) is 1.05. The Hall–Kier alpha value is -5.97. The zero-order valence-corrected chi connectivity index (χ0v) is 28.1. The number of aromatic nitrogens is 1. The lowest BCUT2D eigenvalue weighted by Crippen LogP contribution is -2.32. The van der Waals surface area contributed by atoms with Crippen molar-refractivity contribution in [2.75, 3.05) is 19.0 Å². The molecule has 1 unspecified atom stereocenters. The van der Waals surface area contributed by atoms with Crippen LogP contribution in [0, 0.1) is 26.1 Å². The molecule has 16 nitrogen and oxygen atoms in total. The normalized spacial score (nSPS) is 13.8. The maximum Gasteiger partial charge on any atom is 0.345 e. The molecule has 0 saturated carbocycles. The molecule has 1 aliphatic rings. The second-order valence-corrected chi connectivity index (χ2v) is 11.7. The number of nitro benzene ring substituents is 1. The van der Waals surface area contributed by atoms with Crippen LogP contribution in [0.25, 0.3) is 0 Å². The molecule has 0 bridgehead atoms. The summed E-state index contributed by atoms with van der Waals surface area (Å²) in [6, 6.07) is 12.2. The van der Waals surface area contributed by atoms with E-state index in [1.807, 2.05) is 13.8 Å². The number of carbonyl (C=O) groups is 4. The van der Waals surface area contributed by atoms with E-state index in [1.54, 1.807) is 32.0 Å². The molecule has 1 amide bonds. The summed E-state index contributed by atoms with van der Waals surface area (Å²) in [5, 5.41) is 27.5. The third-order valence-corrected chi connectivity index (χ3v) is 7.52. The summed E-state index contributed by atoms with van der Waals surface area (Å²) < 4.78 is 15.2. The Bertz CT molecular complexity index is 1850. The maximum atomic E-state index is 12.9. The minimum absolute atomic E-state index is 0.0873. The largest absolute Gasteiger partial charge is 0.466 e. The smallest absolute Gasteiger partial charge is 0.345 e. The van der Waals surface area contributed by atoms with Crippen LogP contribution in [0.15, 0.2) is 77.3 Å². The van der Waals surface area contributed by atoms with Gasteiger partial charge in [-0.1, -0.05) is 44.2 Å². The number of hydrogen-bond donors (Lipinski definition) is 2. The minimum atomic E-state index is -0.977. The van der Waals surface area contributed by atoms with E-state index in [-0.39, 0.29) is 56.4 Å². The Labute approximate surface area is 284 Å². The second-order valence-electron chi connectivity index (χ2n) is 10.7. The highest BCUT2D eigenvalue weighted by atomic mass is 32.1. The topological polar surface area (TPSA) is 219 Å². The minimum Gasteiger partial charge on any atom is -0.466 e. The van der Waals surface area contributed by atoms with Crippen molar-refractivity contribution < 1.29 is 43.2 Å². The van der Waals surface area contributed by atoms with E-state index in [4.69, 9.17) is 14.2 Å². The molecule has 1 aliphatic heterocycles. The first-order valence-corrected chi connectivity index (χ1v) is 15.3. The summed E-state index contributed by atoms with van der Waals surface area (Å²) >= 11 is 0.734. The first kappa shape index (κ1) is 37.5. The number of esters is 3. The van der Waals surface area contributed by atoms with E-state index < -0.39 is 39.6 Å². The fraction of sp³-hybridized carbons (Fsp3) is 0.281. The Morgan fingerprint density at radius 2 is 1.57 bits per heavy atom. The monoisotopic (exact) mass is 695 g/mol. The van der Waals surface area contributed by atoms with Gasteiger partial charge in [-0.2, -0.15) is 0 Å². The molecule has 258 valence electrons. The highest BCUT2D eigenvalue weighted by molar-refractivity contribution is 7.18. The van der Waals surface area contributed by atoms with Crippen molar-refractivity contribution in [2.24, 2.45) is 5.92 Å². The van der Waals surface area contributed by atoms with Crippen molar-refractivity contribution in [3.8, 4) is 5.75 Å². The zero-order valence-electron chi connectivity index (χ0n) is 27.3. The van der Waals surface area contributed by atoms with Crippen LogP contribution in [0.1, 0.15) is 56.5 Å². The molecule has 0 aliphatic carbocycles. The third kappa shape index (κ3) is 9.54. The average molecular weight is 696 g/mol. The number of amides is 1. The lowest BCUT2D eigenvalue weighted by molar-refractivity contribution is -0.385. The molecule has 0 radical (unpaired) electrons. The summed E-state index contributed by atoms with van der Waals surface area (Å²) in [4.78, 5) is 73.2. The maximum absolute atomic E-state index is 12.9. The van der Waals surface area contributed by atoms with Gasteiger partial charge in [0.05, 0.1) is 46.2 Å². The highest BCUT2D eigenvalue weighted by Crippen LogP contribution is 2.42. The van der Waals surface area contributed by atoms with Crippen molar-refractivity contribution in [2.45, 2.75) is 40.5 Å². The van der Waals surface area contributed by atoms with Crippen LogP contribution in [0.4, 0.5) is 15.8 Å². The zero-order chi connectivity index (χ0) is 36.4. The van der Waals surface area contributed by atoms with Crippen molar-refractivity contribution in [3.63, 3.8) is 0 Å². The van der Waals surface area contributed by atoms with Gasteiger partial charge in [-0.25, -0.2) is 14.6 Å². The van der Waals surface area contributed by atoms with Crippen molar-refractivity contribution >= 4 is 51.0 Å². The third-order valence-electron chi connectivity index (χ3n) is 6.66. The van der Waals surface area contributed by atoms with E-state index in [1.165, 1.54) is 44.4 Å². The van der Waals surface area contributed by atoms with Crippen LogP contribution >= 0.6 is 11.3 Å². The van der Waals surface area contributed by atoms with Crippen LogP contribution in [-0.4, -0.2) is 52.4 Å². The number of dihydropyridines is 1. The molecular formula is C32H33N5O11S. The van der Waals surface area contributed by atoms with Gasteiger partial charge in [0.2, 0.25) is 0 Å². The molecule has 1 aromatic heterocycles. The number of nitrogens with one attached hydrogen (secondary N) is 2. The number of ether oxygens (including phenoxy) is 3. The summed E-state index contributed by atoms with van der Waals surface area (Å²) in [5.74, 6) is -3.19. The molecule has 0 spiro atoms. The number of anilines is 1. The van der Waals surface area contributed by atoms with Crippen LogP contribution in [-0.2, 0) is 23.9 Å². The van der Waals surface area contributed by atoms with E-state index >= 15 is 0 Å². The summed E-state index contributed by atoms with van der Waals surface area (Å²) in [7, 11) is 1.22. The van der Waals surface area contributed by atoms with E-state index in [9.17, 15) is 39.4 Å². The van der Waals surface area contributed by atoms with Crippen molar-refractivity contribution in [1.82, 2.24) is 10.3 Å². The van der Waals surface area contributed by atoms with E-state index in [0.29, 0.717) is 11.4 Å². The number of para-hydroxylation sites is 2. The lowest BCUT2D eigenvalue weighted by Gasteiger charge is -2.30. The molecule has 1 atom stereocenters. The number of nitrogens with zero attached hydrogens (tertiary/aromatic N) is 3. The first-order valence-electron chi connectivity index (χ1n) is 14.5. The predicted molar refractivity (Wildman–Crippen MR) is 177 cm³/mol. The Kier molecular flexibility index (Phi) is 12.8. The highest BCUT2D eigenvalue weighted by Gasteiger charge is 2.40. The molecular weight excluding hydrogens is 662 g/mol. The van der Waals surface area contributed by atoms with Gasteiger partial charge in [-0.05, 0) is 43.2 Å². The van der Waals surface area contributed by atoms with Crippen LogP contribution in [0.2, 0.25) is 0 Å². The first-order chi connectivity index (χ1) is 23.2. The summed E-state index contributed by atoms with van der Waals surface area (Å²) in [5.41, 5.74) is 1.40. The molecule has 0 fully saturated rings. The van der Waals surface area contributed by atoms with Gasteiger partial charge < -0.3 is 19.5 Å². The standard InChI is InChI=1S/C20H24N2O6.C12H9N3O5S/c1-11(2)10-28-20(24)17-13(4)21-12(3)16(19(23)27-5)18(17)14-8-6-7-9-15(14)22(25)26;1-7(16)20-9-5-3-2-4-8(9)11(17)14-12-13-6-10(21-12)15(18)19/h6-9,11,18,21H,10H2,1-5H3;2-6H,1H3,(H,13,14,17). The Morgan fingerprint density at radius 1 is 0.959 bits per heavy atom. The van der Waals surface area contributed by atoms with Gasteiger partial charge in [0.15, 0.2) is 5.13 Å². The molecule has 3 aromatic rings. The van der Waals surface area contributed by atoms with Crippen LogP contribution < -0.4 is 15.4 Å². The molecule has 2 N–H and O–H groups in total. The number of rotatable bonds is 10. The molecule has 4 rings (SSSR count). The van der Waals surface area contributed by atoms with Gasteiger partial charge in [0.1, 0.15) is 11.9 Å². The van der Waals surface area contributed by atoms with Gasteiger partial charge in [-0.15, -0.1) is 0 Å². The molecule has 0 saturated heterocycles. The van der Waals surface area contributed by atoms with Crippen LogP contribution in [0.3, 0.4) is 0 Å². The average Bonchev–Trinajstić information content (AvgIpc) is 3.52. The number of allylic oxidation sites excluding steroid dienone is 2. The molecule has 49 heavy (non-hydrogen) atoms. The second kappa shape index (κ2) is 16.7. The fourth-order valence-electron chi connectivity index (χ4n) is 4.64. The Morgan fingerprint density at radius 3 is 2.14 bits per heavy atom. The number of hydrogen-bond acceptors (Lipinski definition) is 14. The summed E-state index contributed by atoms with van der Waals surface area (Å²) in [6.45, 7) is 8.54. The predicted octanol–water partition coefficient (Wildman–Crippen LogP) is 5.43. The molecule has 17 heteroatoms. The number of benzene rings is 2. The van der Waals surface area contributed by atoms with E-state index in [2.05, 4.69) is 15.6 Å². The molecule has 2 aromatic carbocycles. The van der Waals surface area contributed by atoms with Gasteiger partial charge >= 0.3 is 22.9 Å². The molecule has 2 heterocycles. The number of carbonyl (C=O) groups excluding carboxylic acids is 4. The van der Waals surface area contributed by atoms with Gasteiger partial charge in [0, 0.05) is 29.9 Å². The van der Waals surface area contributed by atoms with Crippen LogP contribution in [0.5, 0.6) is 5.75 Å². The lowest BCUT2D eigenvalue weighted by atomic mass is 9.79. The quantitative estimate of drug-likeness (QED) is 0.117. The SMILES string of the molecule is CC(=O)Oc1ccccc1C(=O)Nc1ncc([N+](=O)[O-])s1.COC(=O)C1=C(C)NC(C)=C(C(=O)OCC(C)C)C1c1ccccc1[N+](=O)[O-]. The number of nitro groups is 2. The fourth-order valence-corrected chi connectivity index (χ4v) is 5.27. The van der Waals surface area contributed by atoms with Crippen molar-refractivity contribution in [3.05, 3.63) is 109 Å².